The molecule has 112 valence electrons. The molecule has 2 atom stereocenters. The zero-order valence-electron chi connectivity index (χ0n) is 12.2. The Labute approximate surface area is 128 Å². The van der Waals surface area contributed by atoms with Crippen LogP contribution in [0.4, 0.5) is 0 Å². The Morgan fingerprint density at radius 1 is 1.24 bits per heavy atom. The van der Waals surface area contributed by atoms with Gasteiger partial charge in [-0.25, -0.2) is 9.97 Å². The summed E-state index contributed by atoms with van der Waals surface area (Å²) in [7, 11) is 0. The standard InChI is InChI=1S/C15H18ClN3O2/c1-3-9-5-10-11(6-9)15(21)19(14(10)20)7-13-17-8(2)4-12(16)18-13/h4,9-11H,3,5-7H2,1-2H3. The number of rotatable bonds is 3. The molecule has 0 bridgehead atoms. The summed E-state index contributed by atoms with van der Waals surface area (Å²) in [5.74, 6) is 0.517. The van der Waals surface area contributed by atoms with Crippen LogP contribution < -0.4 is 0 Å². The van der Waals surface area contributed by atoms with Gasteiger partial charge < -0.3 is 0 Å². The van der Waals surface area contributed by atoms with E-state index in [1.807, 2.05) is 6.92 Å². The van der Waals surface area contributed by atoms with Crippen molar-refractivity contribution < 1.29 is 9.59 Å². The maximum absolute atomic E-state index is 12.4. The van der Waals surface area contributed by atoms with Gasteiger partial charge in [0.2, 0.25) is 11.8 Å². The summed E-state index contributed by atoms with van der Waals surface area (Å²) < 4.78 is 0. The molecule has 21 heavy (non-hydrogen) atoms. The second kappa shape index (κ2) is 5.37. The third-order valence-corrected chi connectivity index (χ3v) is 4.77. The molecule has 1 aliphatic carbocycles. The van der Waals surface area contributed by atoms with E-state index in [9.17, 15) is 9.59 Å². The molecule has 2 unspecified atom stereocenters. The molecule has 2 amide bonds. The minimum absolute atomic E-state index is 0.0674. The van der Waals surface area contributed by atoms with E-state index < -0.39 is 0 Å². The first-order valence-electron chi connectivity index (χ1n) is 7.35. The lowest BCUT2D eigenvalue weighted by Crippen LogP contribution is -2.32. The lowest BCUT2D eigenvalue weighted by atomic mass is 10.00. The fourth-order valence-corrected chi connectivity index (χ4v) is 3.74. The molecule has 0 radical (unpaired) electrons. The minimum Gasteiger partial charge on any atom is -0.274 e. The van der Waals surface area contributed by atoms with E-state index in [4.69, 9.17) is 11.6 Å². The van der Waals surface area contributed by atoms with Gasteiger partial charge in [0, 0.05) is 5.69 Å². The molecule has 2 aliphatic rings. The summed E-state index contributed by atoms with van der Waals surface area (Å²) in [6.07, 6.45) is 2.69. The van der Waals surface area contributed by atoms with Gasteiger partial charge in [-0.1, -0.05) is 24.9 Å². The third-order valence-electron chi connectivity index (χ3n) is 4.57. The van der Waals surface area contributed by atoms with E-state index in [1.54, 1.807) is 6.07 Å². The van der Waals surface area contributed by atoms with Crippen molar-refractivity contribution in [2.45, 2.75) is 39.7 Å². The van der Waals surface area contributed by atoms with Gasteiger partial charge in [-0.05, 0) is 31.7 Å². The molecule has 1 aliphatic heterocycles. The van der Waals surface area contributed by atoms with Crippen molar-refractivity contribution in [2.75, 3.05) is 0 Å². The van der Waals surface area contributed by atoms with Crippen molar-refractivity contribution in [3.8, 4) is 0 Å². The molecule has 2 fully saturated rings. The lowest BCUT2D eigenvalue weighted by molar-refractivity contribution is -0.141. The molecule has 0 spiro atoms. The molecule has 1 aromatic heterocycles. The number of nitrogens with zero attached hydrogens (tertiary/aromatic N) is 3. The van der Waals surface area contributed by atoms with Gasteiger partial charge in [0.15, 0.2) is 0 Å². The van der Waals surface area contributed by atoms with Crippen molar-refractivity contribution in [1.82, 2.24) is 14.9 Å². The molecular formula is C15H18ClN3O2. The summed E-state index contributed by atoms with van der Waals surface area (Å²) in [5, 5.41) is 0.336. The summed E-state index contributed by atoms with van der Waals surface area (Å²) in [6.45, 7) is 4.05. The van der Waals surface area contributed by atoms with Crippen LogP contribution in [-0.4, -0.2) is 26.7 Å². The molecule has 6 heteroatoms. The molecular weight excluding hydrogens is 290 g/mol. The number of carbonyl (C=O) groups excluding carboxylic acids is 2. The first-order chi connectivity index (χ1) is 9.99. The van der Waals surface area contributed by atoms with E-state index in [0.717, 1.165) is 25.0 Å². The second-order valence-corrected chi connectivity index (χ2v) is 6.36. The number of imide groups is 1. The van der Waals surface area contributed by atoms with E-state index in [2.05, 4.69) is 16.9 Å². The Balaban J connectivity index is 1.79. The normalized spacial score (nSPS) is 28.3. The number of fused-ring (bicyclic) bond motifs is 1. The number of hydrogen-bond donors (Lipinski definition) is 0. The first kappa shape index (κ1) is 14.4. The van der Waals surface area contributed by atoms with E-state index in [0.29, 0.717) is 16.9 Å². The molecule has 2 heterocycles. The first-order valence-corrected chi connectivity index (χ1v) is 7.72. The maximum Gasteiger partial charge on any atom is 0.233 e. The number of hydrogen-bond acceptors (Lipinski definition) is 4. The van der Waals surface area contributed by atoms with Crippen LogP contribution >= 0.6 is 11.6 Å². The second-order valence-electron chi connectivity index (χ2n) is 5.97. The van der Waals surface area contributed by atoms with Gasteiger partial charge >= 0.3 is 0 Å². The Kier molecular flexibility index (Phi) is 3.69. The Morgan fingerprint density at radius 2 is 1.86 bits per heavy atom. The van der Waals surface area contributed by atoms with E-state index in [-0.39, 0.29) is 30.2 Å². The molecule has 0 aromatic carbocycles. The SMILES string of the molecule is CCC1CC2C(=O)N(Cc3nc(C)cc(Cl)n3)C(=O)C2C1. The van der Waals surface area contributed by atoms with Crippen molar-refractivity contribution in [1.29, 1.82) is 0 Å². The monoisotopic (exact) mass is 307 g/mol. The highest BCUT2D eigenvalue weighted by Gasteiger charge is 2.52. The number of aromatic nitrogens is 2. The molecule has 3 rings (SSSR count). The Morgan fingerprint density at radius 3 is 2.38 bits per heavy atom. The smallest absolute Gasteiger partial charge is 0.233 e. The van der Waals surface area contributed by atoms with Crippen molar-refractivity contribution in [2.24, 2.45) is 17.8 Å². The van der Waals surface area contributed by atoms with Crippen LogP contribution in [0.25, 0.3) is 0 Å². The zero-order chi connectivity index (χ0) is 15.1. The summed E-state index contributed by atoms with van der Waals surface area (Å²) in [5.41, 5.74) is 0.732. The van der Waals surface area contributed by atoms with Gasteiger partial charge in [0.25, 0.3) is 0 Å². The molecule has 1 saturated heterocycles. The molecule has 5 nitrogen and oxygen atoms in total. The average Bonchev–Trinajstić information content (AvgIpc) is 2.93. The molecule has 1 saturated carbocycles. The van der Waals surface area contributed by atoms with Crippen LogP contribution in [0, 0.1) is 24.7 Å². The minimum atomic E-state index is -0.136. The van der Waals surface area contributed by atoms with Crippen LogP contribution in [-0.2, 0) is 16.1 Å². The largest absolute Gasteiger partial charge is 0.274 e. The summed E-state index contributed by atoms with van der Waals surface area (Å²) >= 11 is 5.90. The van der Waals surface area contributed by atoms with Crippen molar-refractivity contribution in [3.05, 3.63) is 22.7 Å². The van der Waals surface area contributed by atoms with Gasteiger partial charge in [-0.3, -0.25) is 14.5 Å². The predicted octanol–water partition coefficient (Wildman–Crippen LogP) is 2.36. The summed E-state index contributed by atoms with van der Waals surface area (Å²) in [6, 6.07) is 1.65. The number of likely N-dealkylation sites (tertiary alicyclic amines) is 1. The Hall–Kier alpha value is -1.49. The van der Waals surface area contributed by atoms with E-state index >= 15 is 0 Å². The van der Waals surface area contributed by atoms with Crippen LogP contribution in [0.5, 0.6) is 0 Å². The van der Waals surface area contributed by atoms with Crippen molar-refractivity contribution >= 4 is 23.4 Å². The highest BCUT2D eigenvalue weighted by molar-refractivity contribution is 6.29. The maximum atomic E-state index is 12.4. The third kappa shape index (κ3) is 2.55. The zero-order valence-corrected chi connectivity index (χ0v) is 12.9. The highest BCUT2D eigenvalue weighted by Crippen LogP contribution is 2.44. The fraction of sp³-hybridized carbons (Fsp3) is 0.600. The predicted molar refractivity (Wildman–Crippen MR) is 77.3 cm³/mol. The van der Waals surface area contributed by atoms with Crippen LogP contribution in [0.1, 0.15) is 37.7 Å². The van der Waals surface area contributed by atoms with Crippen LogP contribution in [0.15, 0.2) is 6.07 Å². The number of halogens is 1. The molecule has 1 aromatic rings. The quantitative estimate of drug-likeness (QED) is 0.635. The van der Waals surface area contributed by atoms with Gasteiger partial charge in [0.05, 0.1) is 18.4 Å². The van der Waals surface area contributed by atoms with Gasteiger partial charge in [0.1, 0.15) is 11.0 Å². The molecule has 0 N–H and O–H groups in total. The van der Waals surface area contributed by atoms with E-state index in [1.165, 1.54) is 4.90 Å². The Bertz CT molecular complexity index is 560. The van der Waals surface area contributed by atoms with Gasteiger partial charge in [-0.2, -0.15) is 0 Å². The fourth-order valence-electron chi connectivity index (χ4n) is 3.49. The van der Waals surface area contributed by atoms with Crippen molar-refractivity contribution in [3.63, 3.8) is 0 Å². The number of amides is 2. The highest BCUT2D eigenvalue weighted by atomic mass is 35.5. The topological polar surface area (TPSA) is 63.2 Å². The summed E-state index contributed by atoms with van der Waals surface area (Å²) in [4.78, 5) is 34.6. The van der Waals surface area contributed by atoms with Crippen LogP contribution in [0.3, 0.4) is 0 Å². The van der Waals surface area contributed by atoms with Crippen LogP contribution in [0.2, 0.25) is 5.15 Å². The number of carbonyl (C=O) groups is 2. The average molecular weight is 308 g/mol. The van der Waals surface area contributed by atoms with Gasteiger partial charge in [-0.15, -0.1) is 0 Å². The lowest BCUT2D eigenvalue weighted by Gasteiger charge is -2.16. The number of aryl methyl sites for hydroxylation is 1.